The van der Waals surface area contributed by atoms with Gasteiger partial charge in [-0.05, 0) is 161 Å². The first-order valence-corrected chi connectivity index (χ1v) is 32.9. The average molecular weight is 1340 g/mol. The molecule has 0 heterocycles. The van der Waals surface area contributed by atoms with E-state index in [1.807, 2.05) is 31.2 Å². The van der Waals surface area contributed by atoms with Crippen LogP contribution in [-0.4, -0.2) is 152 Å². The zero-order valence-corrected chi connectivity index (χ0v) is 55.6. The molecule has 0 saturated carbocycles. The number of benzene rings is 6. The van der Waals surface area contributed by atoms with Gasteiger partial charge < -0.3 is 50.1 Å². The lowest BCUT2D eigenvalue weighted by atomic mass is 9.99. The molecule has 0 aliphatic rings. The summed E-state index contributed by atoms with van der Waals surface area (Å²) in [5.74, 6) is -4.03. The number of carbonyl (C=O) groups excluding carboxylic acids is 4. The lowest BCUT2D eigenvalue weighted by Crippen LogP contribution is -2.51. The molecule has 0 spiro atoms. The van der Waals surface area contributed by atoms with Crippen molar-refractivity contribution < 1.29 is 82.8 Å². The SMILES string of the molecule is CCCO/N=C(\C)c1cc(C(=O)N[C@@H](Cc2cc(F)cc(F)c2)[C@H](O)CNCc2cccc(OC)c2)cc(N(C)S(C)(=O)=O)c1.COc1cccc(CN(C[C@@H](O)[C@H](Cc2cc(F)cc(F)c2)NC(=O)c2cc(C(C)=O)cc(N(C)S(C)(=O)=O)c2)C(=O)OC(C)(C)C)c1. The normalized spacial score (nSPS) is 13.0. The quantitative estimate of drug-likeness (QED) is 0.00966. The Morgan fingerprint density at radius 3 is 1.49 bits per heavy atom. The summed E-state index contributed by atoms with van der Waals surface area (Å²) in [6.07, 6.45) is -1.11. The maximum Gasteiger partial charge on any atom is 0.410 e. The first kappa shape index (κ1) is 75.1. The van der Waals surface area contributed by atoms with Crippen LogP contribution in [0.3, 0.4) is 0 Å². The zero-order chi connectivity index (χ0) is 69.1. The Balaban J connectivity index is 0.000000338. The van der Waals surface area contributed by atoms with Crippen molar-refractivity contribution in [3.8, 4) is 11.5 Å². The third-order valence-corrected chi connectivity index (χ3v) is 16.5. The standard InChI is InChI=1S/C34H41F2N3O8S.C32H40F2N4O6S/c1-21(40)24-15-25(17-28(16-24)38(5)48(7,44)45)32(42)37-30(14-23-11-26(35)18-27(36)12-23)31(41)20-39(33(43)47-34(2,3)4)19-22-9-8-10-29(13-22)46-6;1-6-10-44-37-21(2)24-15-25(17-28(16-24)38(3)45(5,41)42)32(40)36-30(14-23-11-26(33)18-27(34)12-23)31(39)20-35-19-22-8-7-9-29(13-22)43-4/h8-13,15-18,30-31,41H,14,19-20H2,1-7H3,(H,37,42);7-9,11-13,15-18,30-31,35,39H,6,10,14,19-20H2,1-5H3,(H,36,40)/b;37-21+/t2*30-,31+/m00/s1. The highest BCUT2D eigenvalue weighted by molar-refractivity contribution is 7.92. The monoisotopic (exact) mass is 1340 g/mol. The van der Waals surface area contributed by atoms with E-state index in [9.17, 15) is 63.8 Å². The second kappa shape index (κ2) is 33.8. The lowest BCUT2D eigenvalue weighted by molar-refractivity contribution is 0.00834. The molecule has 0 aliphatic carbocycles. The Kier molecular flexibility index (Phi) is 27.3. The molecule has 21 nitrogen and oxygen atoms in total. The van der Waals surface area contributed by atoms with Gasteiger partial charge in [0.15, 0.2) is 5.78 Å². The van der Waals surface area contributed by atoms with Crippen LogP contribution in [0.2, 0.25) is 0 Å². The van der Waals surface area contributed by atoms with Gasteiger partial charge in [0.25, 0.3) is 11.8 Å². The van der Waals surface area contributed by atoms with Crippen molar-refractivity contribution in [2.45, 2.75) is 104 Å². The molecule has 4 atom stereocenters. The van der Waals surface area contributed by atoms with E-state index >= 15 is 0 Å². The van der Waals surface area contributed by atoms with Crippen LogP contribution in [0.5, 0.6) is 11.5 Å². The van der Waals surface area contributed by atoms with E-state index in [4.69, 9.17) is 19.0 Å². The number of aliphatic hydroxyl groups is 2. The fraction of sp³-hybridized carbons (Fsp3) is 0.379. The number of ketones is 1. The van der Waals surface area contributed by atoms with Crippen molar-refractivity contribution in [2.24, 2.45) is 5.16 Å². The summed E-state index contributed by atoms with van der Waals surface area (Å²) in [6.45, 7) is 10.2. The summed E-state index contributed by atoms with van der Waals surface area (Å²) in [4.78, 5) is 59.5. The van der Waals surface area contributed by atoms with E-state index in [2.05, 4.69) is 21.1 Å². The van der Waals surface area contributed by atoms with Gasteiger partial charge in [0.05, 0.1) is 74.7 Å². The number of halogens is 4. The Hall–Kier alpha value is -8.63. The molecule has 3 amide bonds. The highest BCUT2D eigenvalue weighted by Gasteiger charge is 2.31. The van der Waals surface area contributed by atoms with E-state index in [-0.39, 0.29) is 71.7 Å². The van der Waals surface area contributed by atoms with Gasteiger partial charge in [0.1, 0.15) is 47.0 Å². The molecule has 0 fully saturated rings. The summed E-state index contributed by atoms with van der Waals surface area (Å²) in [6, 6.07) is 26.1. The minimum atomic E-state index is -3.77. The number of nitrogens with one attached hydrogen (secondary N) is 3. The number of sulfonamides is 2. The van der Waals surface area contributed by atoms with Crippen molar-refractivity contribution in [3.63, 3.8) is 0 Å². The number of carbonyl (C=O) groups is 4. The van der Waals surface area contributed by atoms with Gasteiger partial charge in [-0.3, -0.25) is 23.0 Å². The molecule has 6 aromatic rings. The van der Waals surface area contributed by atoms with Crippen molar-refractivity contribution >= 4 is 60.8 Å². The number of hydrogen-bond donors (Lipinski definition) is 5. The summed E-state index contributed by atoms with van der Waals surface area (Å²) in [5, 5.41) is 35.4. The number of methoxy groups -OCH3 is 2. The predicted octanol–water partition coefficient (Wildman–Crippen LogP) is 8.72. The van der Waals surface area contributed by atoms with Crippen LogP contribution in [0, 0.1) is 23.3 Å². The second-order valence-corrected chi connectivity index (χ2v) is 27.0. The van der Waals surface area contributed by atoms with Crippen LogP contribution in [0.4, 0.5) is 33.7 Å². The third kappa shape index (κ3) is 24.1. The van der Waals surface area contributed by atoms with E-state index < -0.39 is 96.9 Å². The number of anilines is 2. The Bertz CT molecular complexity index is 3820. The molecule has 0 aromatic heterocycles. The summed E-state index contributed by atoms with van der Waals surface area (Å²) in [5.41, 5.74) is 2.08. The second-order valence-electron chi connectivity index (χ2n) is 23.0. The van der Waals surface area contributed by atoms with Crippen LogP contribution in [0.1, 0.15) is 107 Å². The van der Waals surface area contributed by atoms with Crippen LogP contribution in [0.15, 0.2) is 126 Å². The number of hydrogen-bond acceptors (Lipinski definition) is 16. The molecule has 27 heteroatoms. The number of aliphatic hydroxyl groups excluding tert-OH is 2. The molecular weight excluding hydrogens is 1250 g/mol. The third-order valence-electron chi connectivity index (χ3n) is 14.1. The minimum Gasteiger partial charge on any atom is -0.497 e. The first-order chi connectivity index (χ1) is 43.5. The molecule has 6 rings (SSSR count). The van der Waals surface area contributed by atoms with Crippen LogP contribution in [-0.2, 0) is 55.6 Å². The molecule has 0 bridgehead atoms. The van der Waals surface area contributed by atoms with E-state index in [1.165, 1.54) is 63.4 Å². The topological polar surface area (TPSA) is 272 Å². The smallest absolute Gasteiger partial charge is 0.410 e. The van der Waals surface area contributed by atoms with E-state index in [0.717, 1.165) is 63.4 Å². The molecule has 0 aliphatic heterocycles. The molecule has 0 saturated heterocycles. The number of Topliss-reactive ketones (excluding diaryl/α,β-unsaturated/α-hetero) is 1. The number of amides is 3. The highest BCUT2D eigenvalue weighted by Crippen LogP contribution is 2.26. The van der Waals surface area contributed by atoms with Gasteiger partial charge in [-0.15, -0.1) is 0 Å². The minimum absolute atomic E-state index is 0.0275. The Labute approximate surface area is 540 Å². The maximum absolute atomic E-state index is 14.2. The highest BCUT2D eigenvalue weighted by atomic mass is 32.2. The van der Waals surface area contributed by atoms with Gasteiger partial charge in [-0.2, -0.15) is 0 Å². The van der Waals surface area contributed by atoms with Gasteiger partial charge in [0.2, 0.25) is 20.0 Å². The molecule has 93 heavy (non-hydrogen) atoms. The van der Waals surface area contributed by atoms with Gasteiger partial charge in [-0.1, -0.05) is 36.3 Å². The largest absolute Gasteiger partial charge is 0.497 e. The van der Waals surface area contributed by atoms with E-state index in [1.54, 1.807) is 65.1 Å². The first-order valence-electron chi connectivity index (χ1n) is 29.2. The van der Waals surface area contributed by atoms with Crippen molar-refractivity contribution in [1.29, 1.82) is 0 Å². The van der Waals surface area contributed by atoms with Crippen molar-refractivity contribution in [3.05, 3.63) is 189 Å². The number of rotatable bonds is 29. The van der Waals surface area contributed by atoms with Gasteiger partial charge in [0, 0.05) is 68.1 Å². The average Bonchev–Trinajstić information content (AvgIpc) is 1.09. The summed E-state index contributed by atoms with van der Waals surface area (Å²) < 4.78 is 124. The van der Waals surface area contributed by atoms with Crippen molar-refractivity contribution in [2.75, 3.05) is 69.1 Å². The van der Waals surface area contributed by atoms with Crippen molar-refractivity contribution in [1.82, 2.24) is 20.9 Å². The summed E-state index contributed by atoms with van der Waals surface area (Å²) in [7, 11) is -1.78. The zero-order valence-electron chi connectivity index (χ0n) is 53.9. The van der Waals surface area contributed by atoms with E-state index in [0.29, 0.717) is 47.6 Å². The predicted molar refractivity (Wildman–Crippen MR) is 347 cm³/mol. The van der Waals surface area contributed by atoms with Crippen LogP contribution < -0.4 is 34.0 Å². The molecule has 5 N–H and O–H groups in total. The molecule has 504 valence electrons. The van der Waals surface area contributed by atoms with Crippen LogP contribution >= 0.6 is 0 Å². The molecule has 0 radical (unpaired) electrons. The fourth-order valence-corrected chi connectivity index (χ4v) is 10.1. The number of ether oxygens (including phenoxy) is 3. The Morgan fingerprint density at radius 2 is 1.04 bits per heavy atom. The van der Waals surface area contributed by atoms with Gasteiger partial charge >= 0.3 is 6.09 Å². The molecule has 6 aromatic carbocycles. The van der Waals surface area contributed by atoms with Crippen LogP contribution in [0.25, 0.3) is 0 Å². The maximum atomic E-state index is 14.2. The lowest BCUT2D eigenvalue weighted by Gasteiger charge is -2.32. The molecular formula is C66H81F4N7O14S2. The van der Waals surface area contributed by atoms with Gasteiger partial charge in [-0.25, -0.2) is 39.2 Å². The number of nitrogens with zero attached hydrogens (tertiary/aromatic N) is 4. The fourth-order valence-electron chi connectivity index (χ4n) is 9.13. The summed E-state index contributed by atoms with van der Waals surface area (Å²) >= 11 is 0. The Morgan fingerprint density at radius 1 is 0.602 bits per heavy atom. The number of oxime groups is 1. The molecule has 0 unspecified atom stereocenters.